The van der Waals surface area contributed by atoms with Gasteiger partial charge in [-0.15, -0.1) is 0 Å². The van der Waals surface area contributed by atoms with Crippen LogP contribution in [0, 0.1) is 0 Å². The fourth-order valence-corrected chi connectivity index (χ4v) is 3.82. The third kappa shape index (κ3) is 5.42. The number of hydrogen-bond acceptors (Lipinski definition) is 4. The first kappa shape index (κ1) is 17.0. The third-order valence-corrected chi connectivity index (χ3v) is 5.68. The molecule has 0 radical (unpaired) electrons. The van der Waals surface area contributed by atoms with Crippen molar-refractivity contribution in [1.29, 1.82) is 0 Å². The zero-order valence-corrected chi connectivity index (χ0v) is 13.8. The van der Waals surface area contributed by atoms with Crippen LogP contribution in [0.5, 0.6) is 0 Å². The first-order chi connectivity index (χ1) is 10.5. The molecule has 0 aromatic heterocycles. The maximum absolute atomic E-state index is 11.9. The highest BCUT2D eigenvalue weighted by Crippen LogP contribution is 2.17. The van der Waals surface area contributed by atoms with Gasteiger partial charge in [0.25, 0.3) is 0 Å². The number of carbonyl (C=O) groups is 1. The van der Waals surface area contributed by atoms with Gasteiger partial charge >= 0.3 is 0 Å². The van der Waals surface area contributed by atoms with Crippen LogP contribution in [-0.2, 0) is 14.6 Å². The van der Waals surface area contributed by atoms with Crippen molar-refractivity contribution in [3.05, 3.63) is 35.9 Å². The van der Waals surface area contributed by atoms with Gasteiger partial charge in [-0.25, -0.2) is 8.42 Å². The van der Waals surface area contributed by atoms with Gasteiger partial charge in [0.05, 0.1) is 18.1 Å². The molecule has 1 saturated heterocycles. The zero-order chi connectivity index (χ0) is 16.0. The summed E-state index contributed by atoms with van der Waals surface area (Å²) >= 11 is 0. The van der Waals surface area contributed by atoms with E-state index in [0.717, 1.165) is 6.42 Å². The van der Waals surface area contributed by atoms with Gasteiger partial charge in [-0.2, -0.15) is 0 Å². The third-order valence-electron chi connectivity index (χ3n) is 4.07. The molecule has 0 saturated carbocycles. The molecule has 122 valence electrons. The van der Waals surface area contributed by atoms with Crippen molar-refractivity contribution in [3.8, 4) is 0 Å². The lowest BCUT2D eigenvalue weighted by atomic mass is 9.98. The summed E-state index contributed by atoms with van der Waals surface area (Å²) < 4.78 is 22.7. The molecule has 1 amide bonds. The van der Waals surface area contributed by atoms with Crippen molar-refractivity contribution < 1.29 is 13.2 Å². The maximum atomic E-state index is 11.9. The summed E-state index contributed by atoms with van der Waals surface area (Å²) in [6, 6.07) is 10.2. The fraction of sp³-hybridized carbons (Fsp3) is 0.562. The molecule has 1 aliphatic heterocycles. The molecular formula is C16H24N2O3S. The Morgan fingerprint density at radius 2 is 1.86 bits per heavy atom. The Balaban J connectivity index is 1.66. The fourth-order valence-electron chi connectivity index (χ4n) is 2.54. The van der Waals surface area contributed by atoms with Crippen molar-refractivity contribution in [2.45, 2.75) is 19.3 Å². The first-order valence-electron chi connectivity index (χ1n) is 7.71. The van der Waals surface area contributed by atoms with Crippen molar-refractivity contribution in [2.24, 2.45) is 0 Å². The van der Waals surface area contributed by atoms with Gasteiger partial charge in [0, 0.05) is 19.6 Å². The Kier molecular flexibility index (Phi) is 5.97. The Bertz CT molecular complexity index is 573. The molecule has 22 heavy (non-hydrogen) atoms. The van der Waals surface area contributed by atoms with Crippen molar-refractivity contribution in [2.75, 3.05) is 37.7 Å². The maximum Gasteiger partial charge on any atom is 0.234 e. The number of rotatable bonds is 6. The van der Waals surface area contributed by atoms with E-state index in [1.54, 1.807) is 0 Å². The van der Waals surface area contributed by atoms with Gasteiger partial charge in [-0.1, -0.05) is 37.3 Å². The van der Waals surface area contributed by atoms with E-state index >= 15 is 0 Å². The Morgan fingerprint density at radius 1 is 1.23 bits per heavy atom. The minimum atomic E-state index is -2.88. The summed E-state index contributed by atoms with van der Waals surface area (Å²) in [6.45, 7) is 3.99. The average Bonchev–Trinajstić information content (AvgIpc) is 2.50. The summed E-state index contributed by atoms with van der Waals surface area (Å²) in [5.41, 5.74) is 1.28. The van der Waals surface area contributed by atoms with Crippen molar-refractivity contribution in [3.63, 3.8) is 0 Å². The van der Waals surface area contributed by atoms with Crippen LogP contribution in [-0.4, -0.2) is 56.9 Å². The van der Waals surface area contributed by atoms with E-state index in [-0.39, 0.29) is 24.0 Å². The molecule has 1 aliphatic rings. The van der Waals surface area contributed by atoms with E-state index in [0.29, 0.717) is 25.6 Å². The van der Waals surface area contributed by atoms with E-state index in [1.165, 1.54) is 5.56 Å². The second-order valence-electron chi connectivity index (χ2n) is 5.88. The van der Waals surface area contributed by atoms with Gasteiger partial charge in [0.2, 0.25) is 5.91 Å². The second kappa shape index (κ2) is 7.74. The SMILES string of the molecule is CC(CCNC(=O)CN1CCS(=O)(=O)CC1)c1ccccc1. The molecule has 1 heterocycles. The van der Waals surface area contributed by atoms with E-state index in [9.17, 15) is 13.2 Å². The Labute approximate surface area is 132 Å². The molecule has 2 rings (SSSR count). The molecule has 1 atom stereocenters. The van der Waals surface area contributed by atoms with E-state index in [2.05, 4.69) is 24.4 Å². The van der Waals surface area contributed by atoms with Gasteiger partial charge in [0.15, 0.2) is 9.84 Å². The normalized spacial score (nSPS) is 19.5. The number of nitrogens with one attached hydrogen (secondary N) is 1. The van der Waals surface area contributed by atoms with Crippen LogP contribution in [0.1, 0.15) is 24.8 Å². The summed E-state index contributed by atoms with van der Waals surface area (Å²) in [5, 5.41) is 2.92. The highest BCUT2D eigenvalue weighted by molar-refractivity contribution is 7.91. The number of hydrogen-bond donors (Lipinski definition) is 1. The molecule has 1 aromatic carbocycles. The predicted molar refractivity (Wildman–Crippen MR) is 87.6 cm³/mol. The summed E-state index contributed by atoms with van der Waals surface area (Å²) in [7, 11) is -2.88. The van der Waals surface area contributed by atoms with Crippen LogP contribution >= 0.6 is 0 Å². The Hall–Kier alpha value is -1.40. The second-order valence-corrected chi connectivity index (χ2v) is 8.18. The van der Waals surface area contributed by atoms with Crippen LogP contribution in [0.4, 0.5) is 0 Å². The zero-order valence-electron chi connectivity index (χ0n) is 13.0. The number of amides is 1. The largest absolute Gasteiger partial charge is 0.355 e. The summed E-state index contributed by atoms with van der Waals surface area (Å²) in [5.74, 6) is 0.692. The molecule has 1 unspecified atom stereocenters. The smallest absolute Gasteiger partial charge is 0.234 e. The van der Waals surface area contributed by atoms with Crippen molar-refractivity contribution in [1.82, 2.24) is 10.2 Å². The predicted octanol–water partition coefficient (Wildman–Crippen LogP) is 1.03. The van der Waals surface area contributed by atoms with E-state index in [4.69, 9.17) is 0 Å². The monoisotopic (exact) mass is 324 g/mol. The van der Waals surface area contributed by atoms with Gasteiger partial charge in [-0.3, -0.25) is 9.69 Å². The topological polar surface area (TPSA) is 66.5 Å². The van der Waals surface area contributed by atoms with Crippen LogP contribution < -0.4 is 5.32 Å². The molecule has 1 fully saturated rings. The molecule has 0 aliphatic carbocycles. The minimum Gasteiger partial charge on any atom is -0.355 e. The number of sulfone groups is 1. The molecule has 0 bridgehead atoms. The van der Waals surface area contributed by atoms with E-state index < -0.39 is 9.84 Å². The van der Waals surface area contributed by atoms with Crippen molar-refractivity contribution >= 4 is 15.7 Å². The molecule has 1 aromatic rings. The molecular weight excluding hydrogens is 300 g/mol. The number of carbonyl (C=O) groups excluding carboxylic acids is 1. The van der Waals surface area contributed by atoms with Gasteiger partial charge in [0.1, 0.15) is 0 Å². The standard InChI is InChI=1S/C16H24N2O3S/c1-14(15-5-3-2-4-6-15)7-8-17-16(19)13-18-9-11-22(20,21)12-10-18/h2-6,14H,7-13H2,1H3,(H,17,19). The van der Waals surface area contributed by atoms with Gasteiger partial charge in [-0.05, 0) is 17.9 Å². The molecule has 1 N–H and O–H groups in total. The lowest BCUT2D eigenvalue weighted by Crippen LogP contribution is -2.45. The quantitative estimate of drug-likeness (QED) is 0.849. The minimum absolute atomic E-state index is 0.0282. The molecule has 0 spiro atoms. The van der Waals surface area contributed by atoms with Crippen LogP contribution in [0.25, 0.3) is 0 Å². The van der Waals surface area contributed by atoms with Gasteiger partial charge < -0.3 is 5.32 Å². The number of benzene rings is 1. The lowest BCUT2D eigenvalue weighted by Gasteiger charge is -2.25. The lowest BCUT2D eigenvalue weighted by molar-refractivity contribution is -0.122. The highest BCUT2D eigenvalue weighted by Gasteiger charge is 2.22. The summed E-state index contributed by atoms with van der Waals surface area (Å²) in [6.07, 6.45) is 0.893. The van der Waals surface area contributed by atoms with Crippen LogP contribution in [0.2, 0.25) is 0 Å². The van der Waals surface area contributed by atoms with Crippen LogP contribution in [0.3, 0.4) is 0 Å². The highest BCUT2D eigenvalue weighted by atomic mass is 32.2. The summed E-state index contributed by atoms with van der Waals surface area (Å²) in [4.78, 5) is 13.8. The van der Waals surface area contributed by atoms with Crippen LogP contribution in [0.15, 0.2) is 30.3 Å². The number of nitrogens with zero attached hydrogens (tertiary/aromatic N) is 1. The van der Waals surface area contributed by atoms with E-state index in [1.807, 2.05) is 23.1 Å². The molecule has 5 nitrogen and oxygen atoms in total. The molecule has 6 heteroatoms. The Morgan fingerprint density at radius 3 is 2.50 bits per heavy atom. The average molecular weight is 324 g/mol. The first-order valence-corrected chi connectivity index (χ1v) is 9.53.